The Morgan fingerprint density at radius 1 is 0.488 bits per heavy atom. The van der Waals surface area contributed by atoms with Gasteiger partial charge in [-0.15, -0.1) is 0 Å². The van der Waals surface area contributed by atoms with Crippen molar-refractivity contribution in [1.29, 1.82) is 0 Å². The molecule has 1 N–H and O–H groups in total. The second-order valence-electron chi connectivity index (χ2n) is 13.1. The molecule has 0 amide bonds. The normalized spacial score (nSPS) is 12.2. The van der Waals surface area contributed by atoms with E-state index in [2.05, 4.69) is 26.0 Å². The molecule has 1 unspecified atom stereocenters. The fourth-order valence-corrected chi connectivity index (χ4v) is 5.86. The van der Waals surface area contributed by atoms with E-state index >= 15 is 0 Å². The molecule has 43 heavy (non-hydrogen) atoms. The summed E-state index contributed by atoms with van der Waals surface area (Å²) in [6, 6.07) is 0. The van der Waals surface area contributed by atoms with Crippen LogP contribution in [0.25, 0.3) is 0 Å². The van der Waals surface area contributed by atoms with Gasteiger partial charge in [-0.05, 0) is 44.9 Å². The Bertz CT molecular complexity index is 614. The van der Waals surface area contributed by atoms with Crippen molar-refractivity contribution in [3.05, 3.63) is 12.2 Å². The van der Waals surface area contributed by atoms with E-state index < -0.39 is 5.97 Å². The zero-order valence-corrected chi connectivity index (χ0v) is 29.0. The van der Waals surface area contributed by atoms with Gasteiger partial charge in [-0.3, -0.25) is 9.59 Å². The minimum Gasteiger partial charge on any atom is -0.481 e. The van der Waals surface area contributed by atoms with Crippen molar-refractivity contribution in [3.8, 4) is 0 Å². The molecule has 0 radical (unpaired) electrons. The Hall–Kier alpha value is -1.32. The predicted octanol–water partition coefficient (Wildman–Crippen LogP) is 13.1. The molecule has 0 aromatic rings. The number of aliphatic carboxylic acids is 1. The number of carboxylic acids is 1. The fourth-order valence-electron chi connectivity index (χ4n) is 5.86. The molecule has 1 atom stereocenters. The average molecular weight is 607 g/mol. The summed E-state index contributed by atoms with van der Waals surface area (Å²) in [6.45, 7) is 4.51. The number of hydrogen-bond donors (Lipinski definition) is 1. The molecule has 0 aromatic carbocycles. The molecule has 0 aliphatic heterocycles. The van der Waals surface area contributed by atoms with Gasteiger partial charge in [0.05, 0.1) is 0 Å². The van der Waals surface area contributed by atoms with Crippen molar-refractivity contribution in [3.63, 3.8) is 0 Å². The third-order valence-electron chi connectivity index (χ3n) is 8.75. The van der Waals surface area contributed by atoms with Crippen molar-refractivity contribution < 1.29 is 19.4 Å². The lowest BCUT2D eigenvalue weighted by atomic mass is 10.0. The molecule has 0 spiro atoms. The summed E-state index contributed by atoms with van der Waals surface area (Å²) >= 11 is 0. The zero-order chi connectivity index (χ0) is 31.5. The van der Waals surface area contributed by atoms with Gasteiger partial charge in [0, 0.05) is 12.8 Å². The number of hydrogen-bond acceptors (Lipinski definition) is 3. The molecule has 0 aliphatic carbocycles. The van der Waals surface area contributed by atoms with Crippen LogP contribution in [0.4, 0.5) is 0 Å². The third kappa shape index (κ3) is 35.0. The highest BCUT2D eigenvalue weighted by atomic mass is 16.5. The first-order chi connectivity index (χ1) is 21.1. The second-order valence-corrected chi connectivity index (χ2v) is 13.1. The van der Waals surface area contributed by atoms with Gasteiger partial charge >= 0.3 is 11.9 Å². The number of unbranched alkanes of at least 4 members (excludes halogenated alkanes) is 25. The maximum absolute atomic E-state index is 12.4. The summed E-state index contributed by atoms with van der Waals surface area (Å²) < 4.78 is 5.72. The minimum absolute atomic E-state index is 0.0742. The Kier molecular flexibility index (Phi) is 34.1. The Balaban J connectivity index is 3.70. The predicted molar refractivity (Wildman–Crippen MR) is 186 cm³/mol. The molecule has 4 heteroatoms. The molecule has 0 aromatic heterocycles. The van der Waals surface area contributed by atoms with E-state index in [0.717, 1.165) is 32.1 Å². The highest BCUT2D eigenvalue weighted by Gasteiger charge is 2.16. The molecular formula is C39H74O4. The van der Waals surface area contributed by atoms with Crippen LogP contribution in [0.2, 0.25) is 0 Å². The van der Waals surface area contributed by atoms with E-state index in [-0.39, 0.29) is 18.5 Å². The molecule has 0 aliphatic rings. The van der Waals surface area contributed by atoms with E-state index in [1.807, 2.05) is 0 Å². The molecule has 0 saturated heterocycles. The van der Waals surface area contributed by atoms with E-state index in [9.17, 15) is 9.59 Å². The third-order valence-corrected chi connectivity index (χ3v) is 8.75. The van der Waals surface area contributed by atoms with E-state index in [4.69, 9.17) is 9.84 Å². The van der Waals surface area contributed by atoms with Gasteiger partial charge in [-0.1, -0.05) is 174 Å². The van der Waals surface area contributed by atoms with Crippen molar-refractivity contribution in [2.75, 3.05) is 0 Å². The van der Waals surface area contributed by atoms with Gasteiger partial charge in [0.25, 0.3) is 0 Å². The number of esters is 1. The van der Waals surface area contributed by atoms with Gasteiger partial charge in [0.2, 0.25) is 0 Å². The number of allylic oxidation sites excluding steroid dienone is 2. The van der Waals surface area contributed by atoms with Crippen molar-refractivity contribution in [1.82, 2.24) is 0 Å². The second kappa shape index (κ2) is 35.2. The lowest BCUT2D eigenvalue weighted by Gasteiger charge is -2.17. The average Bonchev–Trinajstić information content (AvgIpc) is 2.99. The highest BCUT2D eigenvalue weighted by molar-refractivity contribution is 5.69. The summed E-state index contributed by atoms with van der Waals surface area (Å²) in [5.41, 5.74) is 0. The lowest BCUT2D eigenvalue weighted by Crippen LogP contribution is -2.19. The van der Waals surface area contributed by atoms with Gasteiger partial charge in [0.15, 0.2) is 0 Å². The zero-order valence-electron chi connectivity index (χ0n) is 29.0. The lowest BCUT2D eigenvalue weighted by molar-refractivity contribution is -0.151. The van der Waals surface area contributed by atoms with Gasteiger partial charge in [-0.25, -0.2) is 0 Å². The van der Waals surface area contributed by atoms with Crippen LogP contribution in [0.5, 0.6) is 0 Å². The Morgan fingerprint density at radius 2 is 0.884 bits per heavy atom. The molecule has 0 rings (SSSR count). The maximum atomic E-state index is 12.4. The topological polar surface area (TPSA) is 63.6 Å². The summed E-state index contributed by atoms with van der Waals surface area (Å²) in [5, 5.41) is 9.11. The molecule has 0 bridgehead atoms. The largest absolute Gasteiger partial charge is 0.481 e. The number of carbonyl (C=O) groups is 2. The minimum atomic E-state index is -0.810. The molecule has 254 valence electrons. The van der Waals surface area contributed by atoms with Crippen LogP contribution in [-0.2, 0) is 14.3 Å². The molecule has 4 nitrogen and oxygen atoms in total. The number of carbonyl (C=O) groups excluding carboxylic acids is 1. The van der Waals surface area contributed by atoms with E-state index in [1.54, 1.807) is 0 Å². The first-order valence-corrected chi connectivity index (χ1v) is 19.2. The molecule has 0 heterocycles. The SMILES string of the molecule is CCCC/C=C\CCCCCCCCC(=O)OC(CCCCCCCCCCCCCCCCCCCC)CCC(=O)O. The van der Waals surface area contributed by atoms with Crippen molar-refractivity contribution in [2.45, 2.75) is 225 Å². The fraction of sp³-hybridized carbons (Fsp3) is 0.897. The van der Waals surface area contributed by atoms with Crippen LogP contribution in [0.1, 0.15) is 219 Å². The smallest absolute Gasteiger partial charge is 0.306 e. The van der Waals surface area contributed by atoms with Crippen LogP contribution >= 0.6 is 0 Å². The van der Waals surface area contributed by atoms with Crippen LogP contribution < -0.4 is 0 Å². The standard InChI is InChI=1S/C39H74O4/c1-3-5-7-9-11-13-15-17-18-19-20-21-22-23-25-27-29-31-33-37(35-36-38(40)41)43-39(42)34-32-30-28-26-24-16-14-12-10-8-6-4-2/h10,12,37H,3-9,11,13-36H2,1-2H3,(H,40,41)/b12-10-. The highest BCUT2D eigenvalue weighted by Crippen LogP contribution is 2.18. The van der Waals surface area contributed by atoms with E-state index in [1.165, 1.54) is 154 Å². The first kappa shape index (κ1) is 41.7. The van der Waals surface area contributed by atoms with Crippen LogP contribution in [0, 0.1) is 0 Å². The van der Waals surface area contributed by atoms with Crippen LogP contribution in [0.3, 0.4) is 0 Å². The molecular weight excluding hydrogens is 532 g/mol. The van der Waals surface area contributed by atoms with Crippen LogP contribution in [-0.4, -0.2) is 23.1 Å². The van der Waals surface area contributed by atoms with E-state index in [0.29, 0.717) is 12.8 Å². The first-order valence-electron chi connectivity index (χ1n) is 19.2. The molecule has 0 saturated carbocycles. The van der Waals surface area contributed by atoms with Crippen LogP contribution in [0.15, 0.2) is 12.2 Å². The summed E-state index contributed by atoms with van der Waals surface area (Å²) in [6.07, 6.45) is 42.3. The van der Waals surface area contributed by atoms with Gasteiger partial charge < -0.3 is 9.84 Å². The maximum Gasteiger partial charge on any atom is 0.306 e. The molecule has 0 fully saturated rings. The van der Waals surface area contributed by atoms with Crippen molar-refractivity contribution >= 4 is 11.9 Å². The van der Waals surface area contributed by atoms with Gasteiger partial charge in [-0.2, -0.15) is 0 Å². The van der Waals surface area contributed by atoms with Crippen molar-refractivity contribution in [2.24, 2.45) is 0 Å². The summed E-state index contributed by atoms with van der Waals surface area (Å²) in [5.74, 6) is -0.953. The summed E-state index contributed by atoms with van der Waals surface area (Å²) in [4.78, 5) is 23.5. The van der Waals surface area contributed by atoms with Gasteiger partial charge in [0.1, 0.15) is 6.10 Å². The number of carboxylic acid groups (broad SMARTS) is 1. The number of ether oxygens (including phenoxy) is 1. The Labute approximate surface area is 268 Å². The number of rotatable bonds is 35. The monoisotopic (exact) mass is 607 g/mol. The quantitative estimate of drug-likeness (QED) is 0.0443. The Morgan fingerprint density at radius 3 is 1.35 bits per heavy atom. The summed E-state index contributed by atoms with van der Waals surface area (Å²) in [7, 11) is 0.